The molecular formula is C14H20O4. The molecule has 0 spiro atoms. The number of carbonyl (C=O) groups is 1. The summed E-state index contributed by atoms with van der Waals surface area (Å²) in [6.07, 6.45) is 2.23. The Morgan fingerprint density at radius 1 is 1.33 bits per heavy atom. The van der Waals surface area contributed by atoms with Crippen molar-refractivity contribution in [2.24, 2.45) is 0 Å². The van der Waals surface area contributed by atoms with Crippen LogP contribution in [0.15, 0.2) is 6.07 Å². The van der Waals surface area contributed by atoms with Crippen LogP contribution in [0.1, 0.15) is 43.4 Å². The molecule has 0 aliphatic heterocycles. The van der Waals surface area contributed by atoms with Gasteiger partial charge in [-0.3, -0.25) is 0 Å². The van der Waals surface area contributed by atoms with Crippen molar-refractivity contribution in [2.75, 3.05) is 0 Å². The molecule has 1 rings (SSSR count). The molecule has 18 heavy (non-hydrogen) atoms. The van der Waals surface area contributed by atoms with Gasteiger partial charge in [-0.1, -0.05) is 26.3 Å². The lowest BCUT2D eigenvalue weighted by molar-refractivity contribution is 0.142. The second-order valence-corrected chi connectivity index (χ2v) is 4.32. The van der Waals surface area contributed by atoms with Gasteiger partial charge in [-0.15, -0.1) is 0 Å². The molecule has 0 radical (unpaired) electrons. The molecule has 0 fully saturated rings. The van der Waals surface area contributed by atoms with E-state index in [1.54, 1.807) is 6.92 Å². The molecule has 0 amide bonds. The van der Waals surface area contributed by atoms with E-state index in [0.717, 1.165) is 30.4 Å². The zero-order valence-electron chi connectivity index (χ0n) is 11.1. The smallest absolute Gasteiger partial charge is 0.504 e. The molecule has 0 heterocycles. The van der Waals surface area contributed by atoms with Crippen LogP contribution in [0.4, 0.5) is 4.79 Å². The Balaban J connectivity index is 3.20. The molecule has 0 aromatic heterocycles. The normalized spacial score (nSPS) is 10.4. The van der Waals surface area contributed by atoms with E-state index < -0.39 is 6.16 Å². The van der Waals surface area contributed by atoms with Gasteiger partial charge in [0.15, 0.2) is 11.5 Å². The highest BCUT2D eigenvalue weighted by atomic mass is 16.7. The third-order valence-corrected chi connectivity index (χ3v) is 3.06. The first-order valence-electron chi connectivity index (χ1n) is 6.26. The van der Waals surface area contributed by atoms with Gasteiger partial charge in [0.25, 0.3) is 0 Å². The molecule has 0 bridgehead atoms. The number of hydrogen-bond acceptors (Lipinski definition) is 3. The van der Waals surface area contributed by atoms with E-state index in [4.69, 9.17) is 5.11 Å². The molecule has 2 N–H and O–H groups in total. The van der Waals surface area contributed by atoms with E-state index >= 15 is 0 Å². The number of hydrogen-bond donors (Lipinski definition) is 2. The Bertz CT molecular complexity index is 438. The van der Waals surface area contributed by atoms with Crippen molar-refractivity contribution in [3.8, 4) is 11.5 Å². The first-order chi connectivity index (χ1) is 8.51. The van der Waals surface area contributed by atoms with Crippen LogP contribution < -0.4 is 4.74 Å². The van der Waals surface area contributed by atoms with Crippen molar-refractivity contribution in [3.05, 3.63) is 22.8 Å². The number of ether oxygens (including phenoxy) is 1. The highest BCUT2D eigenvalue weighted by molar-refractivity contribution is 5.66. The monoisotopic (exact) mass is 252 g/mol. The Morgan fingerprint density at radius 2 is 2.00 bits per heavy atom. The van der Waals surface area contributed by atoms with Crippen LogP contribution in [0, 0.1) is 6.92 Å². The zero-order chi connectivity index (χ0) is 13.7. The fourth-order valence-electron chi connectivity index (χ4n) is 1.95. The van der Waals surface area contributed by atoms with Gasteiger partial charge < -0.3 is 14.9 Å². The SMILES string of the molecule is CCCCc1cc(CC)c(OC(=O)O)c(O)c1C. The number of aryl methyl sites for hydroxylation is 2. The van der Waals surface area contributed by atoms with Crippen LogP contribution in [-0.2, 0) is 12.8 Å². The number of phenols is 1. The summed E-state index contributed by atoms with van der Waals surface area (Å²) in [4.78, 5) is 10.6. The van der Waals surface area contributed by atoms with Gasteiger partial charge in [0.05, 0.1) is 0 Å². The second-order valence-electron chi connectivity index (χ2n) is 4.32. The van der Waals surface area contributed by atoms with Gasteiger partial charge in [0.1, 0.15) is 0 Å². The molecular weight excluding hydrogens is 232 g/mol. The van der Waals surface area contributed by atoms with Gasteiger partial charge in [-0.05, 0) is 42.9 Å². The molecule has 0 saturated heterocycles. The average molecular weight is 252 g/mol. The van der Waals surface area contributed by atoms with Gasteiger partial charge >= 0.3 is 6.16 Å². The topological polar surface area (TPSA) is 66.8 Å². The van der Waals surface area contributed by atoms with E-state index in [1.165, 1.54) is 0 Å². The molecule has 100 valence electrons. The van der Waals surface area contributed by atoms with Crippen LogP contribution >= 0.6 is 0 Å². The number of unbranched alkanes of at least 4 members (excludes halogenated alkanes) is 1. The summed E-state index contributed by atoms with van der Waals surface area (Å²) in [7, 11) is 0. The minimum Gasteiger partial charge on any atom is -0.504 e. The minimum atomic E-state index is -1.40. The molecule has 0 aliphatic rings. The molecule has 4 heteroatoms. The highest BCUT2D eigenvalue weighted by Gasteiger charge is 2.17. The first kappa shape index (κ1) is 14.4. The first-order valence-corrected chi connectivity index (χ1v) is 6.26. The van der Waals surface area contributed by atoms with E-state index in [-0.39, 0.29) is 11.5 Å². The maximum absolute atomic E-state index is 10.6. The lowest BCUT2D eigenvalue weighted by Crippen LogP contribution is -2.07. The van der Waals surface area contributed by atoms with Gasteiger partial charge in [-0.25, -0.2) is 4.79 Å². The van der Waals surface area contributed by atoms with Crippen LogP contribution in [0.25, 0.3) is 0 Å². The Kier molecular flexibility index (Phi) is 5.01. The van der Waals surface area contributed by atoms with Crippen LogP contribution in [0.5, 0.6) is 11.5 Å². The number of carboxylic acid groups (broad SMARTS) is 1. The van der Waals surface area contributed by atoms with Crippen molar-refractivity contribution < 1.29 is 19.7 Å². The summed E-state index contributed by atoms with van der Waals surface area (Å²) in [5.74, 6) is 0.0191. The maximum atomic E-state index is 10.6. The largest absolute Gasteiger partial charge is 0.511 e. The van der Waals surface area contributed by atoms with Crippen molar-refractivity contribution in [1.29, 1.82) is 0 Å². The Hall–Kier alpha value is -1.71. The second kappa shape index (κ2) is 6.28. The molecule has 0 aliphatic carbocycles. The summed E-state index contributed by atoms with van der Waals surface area (Å²) < 4.78 is 4.67. The van der Waals surface area contributed by atoms with E-state index in [2.05, 4.69) is 11.7 Å². The molecule has 0 unspecified atom stereocenters. The van der Waals surface area contributed by atoms with E-state index in [9.17, 15) is 9.90 Å². The van der Waals surface area contributed by atoms with Gasteiger partial charge in [0, 0.05) is 0 Å². The summed E-state index contributed by atoms with van der Waals surface area (Å²) in [6, 6.07) is 1.93. The predicted molar refractivity (Wildman–Crippen MR) is 69.5 cm³/mol. The van der Waals surface area contributed by atoms with Crippen LogP contribution in [-0.4, -0.2) is 16.4 Å². The molecule has 0 saturated carbocycles. The van der Waals surface area contributed by atoms with Gasteiger partial charge in [0.2, 0.25) is 0 Å². The number of rotatable bonds is 5. The van der Waals surface area contributed by atoms with E-state index in [0.29, 0.717) is 12.0 Å². The number of benzene rings is 1. The number of aromatic hydroxyl groups is 1. The number of phenolic OH excluding ortho intramolecular Hbond substituents is 1. The average Bonchev–Trinajstić information content (AvgIpc) is 2.34. The van der Waals surface area contributed by atoms with Crippen molar-refractivity contribution >= 4 is 6.16 Å². The van der Waals surface area contributed by atoms with Crippen molar-refractivity contribution in [3.63, 3.8) is 0 Å². The highest BCUT2D eigenvalue weighted by Crippen LogP contribution is 2.37. The summed E-state index contributed by atoms with van der Waals surface area (Å²) in [5, 5.41) is 18.7. The molecule has 4 nitrogen and oxygen atoms in total. The third-order valence-electron chi connectivity index (χ3n) is 3.06. The quantitative estimate of drug-likeness (QED) is 0.620. The third kappa shape index (κ3) is 3.15. The predicted octanol–water partition coefficient (Wildman–Crippen LogP) is 3.66. The van der Waals surface area contributed by atoms with Crippen LogP contribution in [0.3, 0.4) is 0 Å². The Morgan fingerprint density at radius 3 is 2.50 bits per heavy atom. The lowest BCUT2D eigenvalue weighted by atomic mass is 9.97. The summed E-state index contributed by atoms with van der Waals surface area (Å²) >= 11 is 0. The lowest BCUT2D eigenvalue weighted by Gasteiger charge is -2.15. The van der Waals surface area contributed by atoms with Crippen molar-refractivity contribution in [2.45, 2.75) is 46.5 Å². The van der Waals surface area contributed by atoms with Crippen molar-refractivity contribution in [1.82, 2.24) is 0 Å². The zero-order valence-corrected chi connectivity index (χ0v) is 11.1. The Labute approximate surface area is 107 Å². The van der Waals surface area contributed by atoms with Gasteiger partial charge in [-0.2, -0.15) is 0 Å². The fourth-order valence-corrected chi connectivity index (χ4v) is 1.95. The summed E-state index contributed by atoms with van der Waals surface area (Å²) in [5.41, 5.74) is 2.49. The molecule has 1 aromatic carbocycles. The summed E-state index contributed by atoms with van der Waals surface area (Å²) in [6.45, 7) is 5.80. The molecule has 1 aromatic rings. The maximum Gasteiger partial charge on any atom is 0.511 e. The standard InChI is InChI=1S/C14H20O4/c1-4-6-7-11-8-10(5-2)13(18-14(16)17)12(15)9(11)3/h8,15H,4-7H2,1-3H3,(H,16,17). The molecule has 0 atom stereocenters. The van der Waals surface area contributed by atoms with E-state index in [1.807, 2.05) is 13.0 Å². The van der Waals surface area contributed by atoms with Crippen LogP contribution in [0.2, 0.25) is 0 Å². The minimum absolute atomic E-state index is 0.0529. The fraction of sp³-hybridized carbons (Fsp3) is 0.500.